The van der Waals surface area contributed by atoms with Crippen molar-refractivity contribution in [2.24, 2.45) is 5.92 Å². The molecule has 164 valence electrons. The maximum Gasteiger partial charge on any atom is 0.247 e. The van der Waals surface area contributed by atoms with Gasteiger partial charge in [-0.2, -0.15) is 0 Å². The van der Waals surface area contributed by atoms with Crippen molar-refractivity contribution in [3.05, 3.63) is 101 Å². The molecule has 0 saturated heterocycles. The Bertz CT molecular complexity index is 1040. The van der Waals surface area contributed by atoms with Crippen LogP contribution in [0.4, 0.5) is 0 Å². The molecule has 2 heterocycles. The third kappa shape index (κ3) is 6.66. The van der Waals surface area contributed by atoms with Gasteiger partial charge in [0.1, 0.15) is 5.75 Å². The van der Waals surface area contributed by atoms with Gasteiger partial charge in [0.2, 0.25) is 5.91 Å². The Kier molecular flexibility index (Phi) is 7.88. The molecular formula is C27H28N2O2S. The van der Waals surface area contributed by atoms with Crippen LogP contribution in [0.5, 0.6) is 5.75 Å². The van der Waals surface area contributed by atoms with E-state index in [1.807, 2.05) is 71.0 Å². The molecule has 0 spiro atoms. The summed E-state index contributed by atoms with van der Waals surface area (Å²) in [6, 6.07) is 17.8. The summed E-state index contributed by atoms with van der Waals surface area (Å²) >= 11 is 1.61. The number of aromatic nitrogens is 1. The van der Waals surface area contributed by atoms with Gasteiger partial charge in [0.05, 0.1) is 18.8 Å². The van der Waals surface area contributed by atoms with Gasteiger partial charge in [-0.15, -0.1) is 11.3 Å². The second-order valence-electron chi connectivity index (χ2n) is 7.97. The predicted molar refractivity (Wildman–Crippen MR) is 130 cm³/mol. The summed E-state index contributed by atoms with van der Waals surface area (Å²) in [6.45, 7) is 1.68. The lowest BCUT2D eigenvalue weighted by Gasteiger charge is -2.22. The van der Waals surface area contributed by atoms with Gasteiger partial charge in [-0.3, -0.25) is 9.78 Å². The van der Waals surface area contributed by atoms with Crippen LogP contribution < -0.4 is 4.74 Å². The van der Waals surface area contributed by atoms with Crippen LogP contribution >= 0.6 is 11.3 Å². The van der Waals surface area contributed by atoms with Crippen LogP contribution in [0.15, 0.2) is 84.4 Å². The number of hydrogen-bond donors (Lipinski definition) is 0. The highest BCUT2D eigenvalue weighted by Crippen LogP contribution is 2.22. The zero-order valence-electron chi connectivity index (χ0n) is 18.1. The summed E-state index contributed by atoms with van der Waals surface area (Å²) in [5.74, 6) is 1.40. The molecular weight excluding hydrogens is 416 g/mol. The molecule has 0 N–H and O–H groups in total. The molecule has 1 amide bonds. The summed E-state index contributed by atoms with van der Waals surface area (Å²) in [5.41, 5.74) is 1.91. The lowest BCUT2D eigenvalue weighted by molar-refractivity contribution is -0.127. The van der Waals surface area contributed by atoms with E-state index in [0.717, 1.165) is 41.3 Å². The first kappa shape index (κ1) is 22.0. The molecule has 0 unspecified atom stereocenters. The third-order valence-electron chi connectivity index (χ3n) is 5.46. The van der Waals surface area contributed by atoms with Crippen molar-refractivity contribution in [2.45, 2.75) is 32.4 Å². The zero-order valence-corrected chi connectivity index (χ0v) is 18.9. The number of ether oxygens (including phenoxy) is 1. The number of rotatable bonds is 9. The Morgan fingerprint density at radius 3 is 2.88 bits per heavy atom. The number of thiophene rings is 1. The van der Waals surface area contributed by atoms with E-state index in [9.17, 15) is 4.79 Å². The largest absolute Gasteiger partial charge is 0.493 e. The van der Waals surface area contributed by atoms with E-state index >= 15 is 0 Å². The number of carbonyl (C=O) groups excluding carboxylic acids is 1. The van der Waals surface area contributed by atoms with Crippen molar-refractivity contribution in [3.63, 3.8) is 0 Å². The van der Waals surface area contributed by atoms with E-state index in [-0.39, 0.29) is 5.91 Å². The average molecular weight is 445 g/mol. The number of benzene rings is 1. The first-order chi connectivity index (χ1) is 15.8. The van der Waals surface area contributed by atoms with Crippen molar-refractivity contribution in [1.82, 2.24) is 9.88 Å². The van der Waals surface area contributed by atoms with Crippen LogP contribution in [0.25, 0.3) is 6.08 Å². The number of pyridine rings is 1. The standard InChI is InChI=1S/C27H28N2O2S/c30-27(15-14-26-13-7-17-32-26)29(20-24-11-4-5-16-28-24)19-23-10-6-12-25(18-23)31-21-22-8-2-1-3-9-22/h1-2,4-7,10-18,22H,3,8-9,19-21H2/b15-14+/t22-/m0/s1. The Labute approximate surface area is 193 Å². The number of nitrogens with zero attached hydrogens (tertiary/aromatic N) is 2. The van der Waals surface area contributed by atoms with Gasteiger partial charge in [0, 0.05) is 23.7 Å². The first-order valence-corrected chi connectivity index (χ1v) is 11.9. The van der Waals surface area contributed by atoms with Gasteiger partial charge in [0.25, 0.3) is 0 Å². The Balaban J connectivity index is 1.44. The zero-order chi connectivity index (χ0) is 22.0. The maximum atomic E-state index is 13.0. The van der Waals surface area contributed by atoms with Crippen LogP contribution in [0.2, 0.25) is 0 Å². The summed E-state index contributed by atoms with van der Waals surface area (Å²) in [5, 5.41) is 2.00. The average Bonchev–Trinajstić information content (AvgIpc) is 3.36. The molecule has 0 bridgehead atoms. The molecule has 32 heavy (non-hydrogen) atoms. The highest BCUT2D eigenvalue weighted by molar-refractivity contribution is 7.10. The van der Waals surface area contributed by atoms with Crippen LogP contribution in [0, 0.1) is 5.92 Å². The minimum Gasteiger partial charge on any atom is -0.493 e. The molecule has 0 aliphatic heterocycles. The molecule has 4 nitrogen and oxygen atoms in total. The summed E-state index contributed by atoms with van der Waals surface area (Å²) < 4.78 is 6.08. The van der Waals surface area contributed by atoms with Gasteiger partial charge >= 0.3 is 0 Å². The molecule has 0 radical (unpaired) electrons. The number of hydrogen-bond acceptors (Lipinski definition) is 4. The highest BCUT2D eigenvalue weighted by Gasteiger charge is 2.14. The topological polar surface area (TPSA) is 42.4 Å². The fourth-order valence-electron chi connectivity index (χ4n) is 3.72. The normalized spacial score (nSPS) is 15.7. The molecule has 1 aliphatic rings. The van der Waals surface area contributed by atoms with Crippen molar-refractivity contribution < 1.29 is 9.53 Å². The molecule has 1 aromatic carbocycles. The van der Waals surface area contributed by atoms with E-state index in [1.165, 1.54) is 6.42 Å². The fraction of sp³-hybridized carbons (Fsp3) is 0.259. The van der Waals surface area contributed by atoms with Crippen LogP contribution in [0.3, 0.4) is 0 Å². The van der Waals surface area contributed by atoms with Crippen molar-refractivity contribution >= 4 is 23.3 Å². The minimum absolute atomic E-state index is 0.0376. The first-order valence-electron chi connectivity index (χ1n) is 11.0. The summed E-state index contributed by atoms with van der Waals surface area (Å²) in [4.78, 5) is 20.3. The predicted octanol–water partition coefficient (Wildman–Crippen LogP) is 6.12. The smallest absolute Gasteiger partial charge is 0.247 e. The molecule has 3 aromatic rings. The van der Waals surface area contributed by atoms with Crippen LogP contribution in [0.1, 0.15) is 35.4 Å². The van der Waals surface area contributed by atoms with E-state index in [1.54, 1.807) is 23.6 Å². The van der Waals surface area contributed by atoms with E-state index < -0.39 is 0 Å². The van der Waals surface area contributed by atoms with Crippen molar-refractivity contribution in [3.8, 4) is 5.75 Å². The second kappa shape index (κ2) is 11.4. The lowest BCUT2D eigenvalue weighted by atomic mass is 9.95. The van der Waals surface area contributed by atoms with E-state index in [4.69, 9.17) is 4.74 Å². The monoisotopic (exact) mass is 444 g/mol. The Morgan fingerprint density at radius 2 is 2.09 bits per heavy atom. The molecule has 5 heteroatoms. The molecule has 2 aromatic heterocycles. The summed E-state index contributed by atoms with van der Waals surface area (Å²) in [7, 11) is 0. The molecule has 4 rings (SSSR count). The molecule has 1 aliphatic carbocycles. The molecule has 0 saturated carbocycles. The molecule has 0 fully saturated rings. The minimum atomic E-state index is -0.0376. The maximum absolute atomic E-state index is 13.0. The fourth-order valence-corrected chi connectivity index (χ4v) is 4.34. The van der Waals surface area contributed by atoms with Crippen molar-refractivity contribution in [2.75, 3.05) is 6.61 Å². The van der Waals surface area contributed by atoms with Crippen LogP contribution in [-0.4, -0.2) is 22.4 Å². The SMILES string of the molecule is O=C(/C=C/c1cccs1)N(Cc1cccc(OC[C@H]2CC=CCC2)c1)Cc1ccccn1. The van der Waals surface area contributed by atoms with Gasteiger partial charge < -0.3 is 9.64 Å². The van der Waals surface area contributed by atoms with Gasteiger partial charge in [-0.1, -0.05) is 36.4 Å². The van der Waals surface area contributed by atoms with E-state index in [0.29, 0.717) is 19.0 Å². The Hall–Kier alpha value is -3.18. The third-order valence-corrected chi connectivity index (χ3v) is 6.30. The van der Waals surface area contributed by atoms with Crippen molar-refractivity contribution in [1.29, 1.82) is 0 Å². The van der Waals surface area contributed by atoms with Gasteiger partial charge in [-0.05, 0) is 72.5 Å². The van der Waals surface area contributed by atoms with Gasteiger partial charge in [-0.25, -0.2) is 0 Å². The Morgan fingerprint density at radius 1 is 1.12 bits per heavy atom. The number of carbonyl (C=O) groups is 1. The van der Waals surface area contributed by atoms with Crippen LogP contribution in [-0.2, 0) is 17.9 Å². The summed E-state index contributed by atoms with van der Waals surface area (Å²) in [6.07, 6.45) is 13.2. The lowest BCUT2D eigenvalue weighted by Crippen LogP contribution is -2.28. The quantitative estimate of drug-likeness (QED) is 0.295. The molecule has 1 atom stereocenters. The number of allylic oxidation sites excluding steroid dienone is 2. The van der Waals surface area contributed by atoms with E-state index in [2.05, 4.69) is 17.1 Å². The second-order valence-corrected chi connectivity index (χ2v) is 8.95. The number of amides is 1. The highest BCUT2D eigenvalue weighted by atomic mass is 32.1. The van der Waals surface area contributed by atoms with Gasteiger partial charge in [0.15, 0.2) is 0 Å².